The third-order valence-electron chi connectivity index (χ3n) is 1.72. The smallest absolute Gasteiger partial charge is 0.398 e. The fraction of sp³-hybridized carbons (Fsp3) is 0.250. The average Bonchev–Trinajstić information content (AvgIpc) is 2.13. The van der Waals surface area contributed by atoms with Crippen LogP contribution in [0.15, 0.2) is 27.6 Å². The van der Waals surface area contributed by atoms with Crippen LogP contribution in [0.25, 0.3) is 0 Å². The van der Waals surface area contributed by atoms with Crippen molar-refractivity contribution >= 4 is 31.6 Å². The largest absolute Gasteiger partial charge is 0.402 e. The van der Waals surface area contributed by atoms with Gasteiger partial charge >= 0.3 is 6.18 Å². The zero-order valence-corrected chi connectivity index (χ0v) is 10.7. The molecule has 17 heavy (non-hydrogen) atoms. The standard InChI is InChI=1S/C8H8BrF3N2O2S/c9-5-1-2-7(6(13)3-5)17(15,16)14-4-8(10,11)12/h1-3,14H,4,13H2. The summed E-state index contributed by atoms with van der Waals surface area (Å²) in [6, 6.07) is 3.79. The highest BCUT2D eigenvalue weighted by Gasteiger charge is 2.30. The second-order valence-corrected chi connectivity index (χ2v) is 5.77. The van der Waals surface area contributed by atoms with Crippen molar-refractivity contribution in [3.63, 3.8) is 0 Å². The first-order valence-electron chi connectivity index (χ1n) is 4.23. The minimum absolute atomic E-state index is 0.131. The third-order valence-corrected chi connectivity index (χ3v) is 3.69. The number of nitrogens with two attached hydrogens (primary N) is 1. The maximum atomic E-state index is 11.9. The van der Waals surface area contributed by atoms with Crippen LogP contribution in [0.2, 0.25) is 0 Å². The molecule has 3 N–H and O–H groups in total. The van der Waals surface area contributed by atoms with E-state index >= 15 is 0 Å². The summed E-state index contributed by atoms with van der Waals surface area (Å²) in [7, 11) is -4.26. The Morgan fingerprint density at radius 1 is 1.35 bits per heavy atom. The van der Waals surface area contributed by atoms with Crippen LogP contribution in [0.1, 0.15) is 0 Å². The van der Waals surface area contributed by atoms with E-state index in [9.17, 15) is 21.6 Å². The van der Waals surface area contributed by atoms with Crippen LogP contribution in [0.5, 0.6) is 0 Å². The summed E-state index contributed by atoms with van der Waals surface area (Å²) in [6.07, 6.45) is -4.61. The number of nitrogens with one attached hydrogen (secondary N) is 1. The molecule has 0 aromatic heterocycles. The summed E-state index contributed by atoms with van der Waals surface area (Å²) in [5.74, 6) is 0. The van der Waals surface area contributed by atoms with Crippen LogP contribution in [-0.2, 0) is 10.0 Å². The molecule has 0 saturated heterocycles. The lowest BCUT2D eigenvalue weighted by Crippen LogP contribution is -2.34. The zero-order chi connectivity index (χ0) is 13.3. The van der Waals surface area contributed by atoms with Crippen LogP contribution >= 0.6 is 15.9 Å². The fourth-order valence-electron chi connectivity index (χ4n) is 1.02. The first-order chi connectivity index (χ1) is 7.62. The SMILES string of the molecule is Nc1cc(Br)ccc1S(=O)(=O)NCC(F)(F)F. The summed E-state index contributed by atoms with van der Waals surface area (Å²) in [4.78, 5) is -0.384. The Bertz CT molecular complexity index is 516. The Kier molecular flexibility index (Phi) is 4.05. The molecule has 9 heteroatoms. The molecule has 0 fully saturated rings. The van der Waals surface area contributed by atoms with E-state index in [1.54, 1.807) is 0 Å². The normalized spacial score (nSPS) is 12.7. The summed E-state index contributed by atoms with van der Waals surface area (Å²) in [5.41, 5.74) is 5.29. The Labute approximate surface area is 104 Å². The molecule has 0 atom stereocenters. The molecule has 0 aliphatic rings. The van der Waals surface area contributed by atoms with Crippen molar-refractivity contribution < 1.29 is 21.6 Å². The van der Waals surface area contributed by atoms with Crippen LogP contribution in [0.4, 0.5) is 18.9 Å². The van der Waals surface area contributed by atoms with Gasteiger partial charge in [0.2, 0.25) is 10.0 Å². The molecular formula is C8H8BrF3N2O2S. The molecular weight excluding hydrogens is 325 g/mol. The molecule has 1 rings (SSSR count). The number of hydrogen-bond donors (Lipinski definition) is 2. The van der Waals surface area contributed by atoms with Gasteiger partial charge in [-0.2, -0.15) is 13.2 Å². The van der Waals surface area contributed by atoms with E-state index in [1.165, 1.54) is 16.9 Å². The first-order valence-corrected chi connectivity index (χ1v) is 6.51. The predicted molar refractivity (Wildman–Crippen MR) is 59.8 cm³/mol. The minimum atomic E-state index is -4.61. The van der Waals surface area contributed by atoms with Gasteiger partial charge in [-0.1, -0.05) is 15.9 Å². The van der Waals surface area contributed by atoms with E-state index in [0.29, 0.717) is 4.47 Å². The molecule has 4 nitrogen and oxygen atoms in total. The van der Waals surface area contributed by atoms with Crippen LogP contribution in [0, 0.1) is 0 Å². The Balaban J connectivity index is 2.98. The van der Waals surface area contributed by atoms with E-state index in [2.05, 4.69) is 15.9 Å². The maximum Gasteiger partial charge on any atom is 0.402 e. The van der Waals surface area contributed by atoms with Gasteiger partial charge in [0.1, 0.15) is 11.4 Å². The molecule has 0 radical (unpaired) electrons. The second kappa shape index (κ2) is 4.83. The Hall–Kier alpha value is -0.800. The van der Waals surface area contributed by atoms with Gasteiger partial charge in [-0.25, -0.2) is 13.1 Å². The number of hydrogen-bond acceptors (Lipinski definition) is 3. The molecule has 1 aromatic rings. The number of rotatable bonds is 3. The minimum Gasteiger partial charge on any atom is -0.398 e. The molecule has 0 aliphatic heterocycles. The number of nitrogen functional groups attached to an aromatic ring is 1. The van der Waals surface area contributed by atoms with E-state index in [4.69, 9.17) is 5.73 Å². The average molecular weight is 333 g/mol. The number of sulfonamides is 1. The van der Waals surface area contributed by atoms with Gasteiger partial charge < -0.3 is 5.73 Å². The monoisotopic (exact) mass is 332 g/mol. The topological polar surface area (TPSA) is 72.2 Å². The molecule has 96 valence electrons. The molecule has 0 spiro atoms. The quantitative estimate of drug-likeness (QED) is 0.830. The van der Waals surface area contributed by atoms with E-state index < -0.39 is 22.7 Å². The van der Waals surface area contributed by atoms with Gasteiger partial charge in [-0.05, 0) is 18.2 Å². The highest BCUT2D eigenvalue weighted by Crippen LogP contribution is 2.23. The highest BCUT2D eigenvalue weighted by molar-refractivity contribution is 9.10. The zero-order valence-electron chi connectivity index (χ0n) is 8.25. The maximum absolute atomic E-state index is 11.9. The van der Waals surface area contributed by atoms with Crippen molar-refractivity contribution in [1.82, 2.24) is 4.72 Å². The van der Waals surface area contributed by atoms with E-state index in [0.717, 1.165) is 6.07 Å². The number of benzene rings is 1. The molecule has 0 unspecified atom stereocenters. The summed E-state index contributed by atoms with van der Waals surface area (Å²) in [6.45, 7) is -1.63. The second-order valence-electron chi connectivity index (χ2n) is 3.12. The molecule has 0 saturated carbocycles. The molecule has 0 bridgehead atoms. The van der Waals surface area contributed by atoms with Crippen molar-refractivity contribution in [1.29, 1.82) is 0 Å². The van der Waals surface area contributed by atoms with Crippen molar-refractivity contribution in [2.24, 2.45) is 0 Å². The lowest BCUT2D eigenvalue weighted by atomic mass is 10.3. The number of halogens is 4. The van der Waals surface area contributed by atoms with Gasteiger partial charge in [0.25, 0.3) is 0 Å². The Morgan fingerprint density at radius 2 is 1.94 bits per heavy atom. The van der Waals surface area contributed by atoms with Gasteiger partial charge in [0.15, 0.2) is 0 Å². The summed E-state index contributed by atoms with van der Waals surface area (Å²) in [5, 5.41) is 0. The molecule has 0 heterocycles. The van der Waals surface area contributed by atoms with Crippen molar-refractivity contribution in [3.05, 3.63) is 22.7 Å². The fourth-order valence-corrected chi connectivity index (χ4v) is 2.52. The van der Waals surface area contributed by atoms with E-state index in [1.807, 2.05) is 0 Å². The predicted octanol–water partition coefficient (Wildman–Crippen LogP) is 1.87. The molecule has 0 amide bonds. The van der Waals surface area contributed by atoms with Gasteiger partial charge in [-0.15, -0.1) is 0 Å². The van der Waals surface area contributed by atoms with Crippen LogP contribution < -0.4 is 10.5 Å². The van der Waals surface area contributed by atoms with Crippen molar-refractivity contribution in [2.75, 3.05) is 12.3 Å². The first kappa shape index (κ1) is 14.3. The summed E-state index contributed by atoms with van der Waals surface area (Å²) >= 11 is 3.06. The summed E-state index contributed by atoms with van der Waals surface area (Å²) < 4.78 is 60.7. The van der Waals surface area contributed by atoms with Crippen LogP contribution in [0.3, 0.4) is 0 Å². The van der Waals surface area contributed by atoms with E-state index in [-0.39, 0.29) is 10.6 Å². The van der Waals surface area contributed by atoms with Gasteiger partial charge in [0, 0.05) is 4.47 Å². The highest BCUT2D eigenvalue weighted by atomic mass is 79.9. The Morgan fingerprint density at radius 3 is 2.41 bits per heavy atom. The van der Waals surface area contributed by atoms with Crippen molar-refractivity contribution in [3.8, 4) is 0 Å². The number of anilines is 1. The third kappa shape index (κ3) is 4.17. The van der Waals surface area contributed by atoms with Crippen molar-refractivity contribution in [2.45, 2.75) is 11.1 Å². The molecule has 0 aliphatic carbocycles. The lowest BCUT2D eigenvalue weighted by molar-refractivity contribution is -0.121. The van der Waals surface area contributed by atoms with Crippen LogP contribution in [-0.4, -0.2) is 21.1 Å². The van der Waals surface area contributed by atoms with Gasteiger partial charge in [-0.3, -0.25) is 0 Å². The van der Waals surface area contributed by atoms with Gasteiger partial charge in [0.05, 0.1) is 5.69 Å². The number of alkyl halides is 3. The molecule has 1 aromatic carbocycles. The lowest BCUT2D eigenvalue weighted by Gasteiger charge is -2.11.